The van der Waals surface area contributed by atoms with Crippen molar-refractivity contribution < 1.29 is 19.1 Å². The van der Waals surface area contributed by atoms with Crippen LogP contribution < -0.4 is 20.3 Å². The first-order valence-corrected chi connectivity index (χ1v) is 8.90. The van der Waals surface area contributed by atoms with Crippen molar-refractivity contribution in [2.75, 3.05) is 14.2 Å². The minimum atomic E-state index is -0.499. The molecule has 2 amide bonds. The summed E-state index contributed by atoms with van der Waals surface area (Å²) in [5, 5.41) is 4.44. The van der Waals surface area contributed by atoms with Gasteiger partial charge in [0.1, 0.15) is 11.5 Å². The summed E-state index contributed by atoms with van der Waals surface area (Å²) in [6.07, 6.45) is 0. The monoisotopic (exact) mass is 394 g/mol. The predicted octanol–water partition coefficient (Wildman–Crippen LogP) is 2.58. The van der Waals surface area contributed by atoms with Gasteiger partial charge in [-0.05, 0) is 38.1 Å². The molecule has 0 aliphatic carbocycles. The number of hydrazine groups is 1. The van der Waals surface area contributed by atoms with Gasteiger partial charge >= 0.3 is 0 Å². The van der Waals surface area contributed by atoms with Crippen LogP contribution in [0, 0.1) is 13.8 Å². The lowest BCUT2D eigenvalue weighted by molar-refractivity contribution is 0.0845. The van der Waals surface area contributed by atoms with Gasteiger partial charge in [-0.25, -0.2) is 4.68 Å². The second-order valence-electron chi connectivity index (χ2n) is 6.30. The molecule has 0 bridgehead atoms. The summed E-state index contributed by atoms with van der Waals surface area (Å²) in [7, 11) is 2.99. The second-order valence-corrected chi connectivity index (χ2v) is 6.30. The van der Waals surface area contributed by atoms with Gasteiger partial charge in [0.05, 0.1) is 36.9 Å². The van der Waals surface area contributed by atoms with Gasteiger partial charge in [-0.15, -0.1) is 0 Å². The summed E-state index contributed by atoms with van der Waals surface area (Å²) in [5.41, 5.74) is 7.62. The summed E-state index contributed by atoms with van der Waals surface area (Å²) in [6, 6.07) is 14.3. The van der Waals surface area contributed by atoms with Gasteiger partial charge in [0.25, 0.3) is 11.8 Å². The van der Waals surface area contributed by atoms with E-state index in [1.807, 2.05) is 30.3 Å². The number of rotatable bonds is 5. The highest BCUT2D eigenvalue weighted by Crippen LogP contribution is 2.22. The van der Waals surface area contributed by atoms with E-state index in [1.165, 1.54) is 14.2 Å². The molecule has 0 unspecified atom stereocenters. The van der Waals surface area contributed by atoms with Crippen LogP contribution in [0.1, 0.15) is 32.1 Å². The topological polar surface area (TPSA) is 94.5 Å². The fourth-order valence-corrected chi connectivity index (χ4v) is 2.98. The summed E-state index contributed by atoms with van der Waals surface area (Å²) in [6.45, 7) is 3.55. The predicted molar refractivity (Wildman–Crippen MR) is 108 cm³/mol. The summed E-state index contributed by atoms with van der Waals surface area (Å²) < 4.78 is 12.0. The molecule has 2 N–H and O–H groups in total. The number of carbonyl (C=O) groups is 2. The number of benzene rings is 2. The first kappa shape index (κ1) is 19.9. The molecular weight excluding hydrogens is 372 g/mol. The molecule has 0 aliphatic rings. The van der Waals surface area contributed by atoms with Gasteiger partial charge in [-0.2, -0.15) is 5.10 Å². The van der Waals surface area contributed by atoms with Gasteiger partial charge < -0.3 is 9.47 Å². The van der Waals surface area contributed by atoms with E-state index in [4.69, 9.17) is 9.47 Å². The lowest BCUT2D eigenvalue weighted by Gasteiger charge is -2.10. The van der Waals surface area contributed by atoms with E-state index in [1.54, 1.807) is 36.7 Å². The molecule has 150 valence electrons. The maximum absolute atomic E-state index is 12.7. The van der Waals surface area contributed by atoms with Crippen LogP contribution in [-0.2, 0) is 0 Å². The van der Waals surface area contributed by atoms with E-state index in [-0.39, 0.29) is 5.56 Å². The molecule has 3 aromatic rings. The number of hydrogen-bond acceptors (Lipinski definition) is 5. The largest absolute Gasteiger partial charge is 0.497 e. The average molecular weight is 394 g/mol. The Kier molecular flexibility index (Phi) is 5.82. The van der Waals surface area contributed by atoms with Crippen LogP contribution in [0.4, 0.5) is 0 Å². The standard InChI is InChI=1S/C21H22N4O4/c1-13-19(14(2)25(24-13)16-8-6-5-7-9-16)21(27)23-22-20(26)15-10-17(28-3)12-18(11-15)29-4/h5-12H,1-4H3,(H,22,26)(H,23,27). The summed E-state index contributed by atoms with van der Waals surface area (Å²) >= 11 is 0. The lowest BCUT2D eigenvalue weighted by Crippen LogP contribution is -2.42. The molecule has 0 saturated heterocycles. The minimum absolute atomic E-state index is 0.287. The van der Waals surface area contributed by atoms with Crippen molar-refractivity contribution in [2.45, 2.75) is 13.8 Å². The Hall–Kier alpha value is -3.81. The number of aromatic nitrogens is 2. The van der Waals surface area contributed by atoms with E-state index in [0.29, 0.717) is 28.5 Å². The van der Waals surface area contributed by atoms with Gasteiger partial charge in [0.2, 0.25) is 0 Å². The molecule has 29 heavy (non-hydrogen) atoms. The van der Waals surface area contributed by atoms with Crippen molar-refractivity contribution in [1.82, 2.24) is 20.6 Å². The molecule has 2 aromatic carbocycles. The average Bonchev–Trinajstić information content (AvgIpc) is 3.05. The first-order valence-electron chi connectivity index (χ1n) is 8.90. The van der Waals surface area contributed by atoms with Crippen LogP contribution in [0.5, 0.6) is 11.5 Å². The van der Waals surface area contributed by atoms with Crippen molar-refractivity contribution in [3.8, 4) is 17.2 Å². The number of amides is 2. The molecule has 8 nitrogen and oxygen atoms in total. The maximum Gasteiger partial charge on any atom is 0.273 e. The SMILES string of the molecule is COc1cc(OC)cc(C(=O)NNC(=O)c2c(C)nn(-c3ccccc3)c2C)c1. The van der Waals surface area contributed by atoms with Crippen LogP contribution in [-0.4, -0.2) is 35.8 Å². The van der Waals surface area contributed by atoms with Crippen LogP contribution >= 0.6 is 0 Å². The normalized spacial score (nSPS) is 10.3. The Bertz CT molecular complexity index is 1020. The fourth-order valence-electron chi connectivity index (χ4n) is 2.98. The number of aryl methyl sites for hydroxylation is 1. The third-order valence-corrected chi connectivity index (χ3v) is 4.42. The number of nitrogens with one attached hydrogen (secondary N) is 2. The Balaban J connectivity index is 1.76. The van der Waals surface area contributed by atoms with E-state index >= 15 is 0 Å². The smallest absolute Gasteiger partial charge is 0.273 e. The number of nitrogens with zero attached hydrogens (tertiary/aromatic N) is 2. The number of carbonyl (C=O) groups excluding carboxylic acids is 2. The van der Waals surface area contributed by atoms with Crippen molar-refractivity contribution in [1.29, 1.82) is 0 Å². The highest BCUT2D eigenvalue weighted by atomic mass is 16.5. The Morgan fingerprint density at radius 2 is 1.48 bits per heavy atom. The zero-order valence-corrected chi connectivity index (χ0v) is 16.6. The Labute approximate surface area is 168 Å². The highest BCUT2D eigenvalue weighted by Gasteiger charge is 2.20. The van der Waals surface area contributed by atoms with Crippen molar-refractivity contribution >= 4 is 11.8 Å². The number of ether oxygens (including phenoxy) is 2. The minimum Gasteiger partial charge on any atom is -0.497 e. The molecule has 0 atom stereocenters. The third kappa shape index (κ3) is 4.21. The molecule has 0 radical (unpaired) electrons. The van der Waals surface area contributed by atoms with E-state index in [9.17, 15) is 9.59 Å². The zero-order chi connectivity index (χ0) is 21.0. The molecule has 8 heteroatoms. The Morgan fingerprint density at radius 1 is 0.897 bits per heavy atom. The maximum atomic E-state index is 12.7. The van der Waals surface area contributed by atoms with Crippen molar-refractivity contribution in [3.63, 3.8) is 0 Å². The van der Waals surface area contributed by atoms with E-state index < -0.39 is 11.8 Å². The van der Waals surface area contributed by atoms with Crippen LogP contribution in [0.25, 0.3) is 5.69 Å². The molecule has 1 aromatic heterocycles. The van der Waals surface area contributed by atoms with Crippen LogP contribution in [0.2, 0.25) is 0 Å². The van der Waals surface area contributed by atoms with Crippen LogP contribution in [0.15, 0.2) is 48.5 Å². The fraction of sp³-hybridized carbons (Fsp3) is 0.190. The highest BCUT2D eigenvalue weighted by molar-refractivity contribution is 6.00. The summed E-state index contributed by atoms with van der Waals surface area (Å²) in [4.78, 5) is 25.1. The number of methoxy groups -OCH3 is 2. The van der Waals surface area contributed by atoms with Gasteiger partial charge in [0.15, 0.2) is 0 Å². The third-order valence-electron chi connectivity index (χ3n) is 4.42. The number of para-hydroxylation sites is 1. The lowest BCUT2D eigenvalue weighted by atomic mass is 10.2. The summed E-state index contributed by atoms with van der Waals surface area (Å²) in [5.74, 6) is -0.0139. The van der Waals surface area contributed by atoms with E-state index in [2.05, 4.69) is 16.0 Å². The molecule has 3 rings (SSSR count). The van der Waals surface area contributed by atoms with Gasteiger partial charge in [-0.3, -0.25) is 20.4 Å². The van der Waals surface area contributed by atoms with Gasteiger partial charge in [0, 0.05) is 11.6 Å². The van der Waals surface area contributed by atoms with E-state index in [0.717, 1.165) is 5.69 Å². The number of hydrogen-bond donors (Lipinski definition) is 2. The zero-order valence-electron chi connectivity index (χ0n) is 16.6. The van der Waals surface area contributed by atoms with Crippen molar-refractivity contribution in [2.24, 2.45) is 0 Å². The Morgan fingerprint density at radius 3 is 2.07 bits per heavy atom. The molecule has 0 saturated carbocycles. The van der Waals surface area contributed by atoms with Crippen molar-refractivity contribution in [3.05, 3.63) is 71.0 Å². The molecule has 1 heterocycles. The molecular formula is C21H22N4O4. The quantitative estimate of drug-likeness (QED) is 0.649. The first-order chi connectivity index (χ1) is 13.9. The molecule has 0 fully saturated rings. The second kappa shape index (κ2) is 8.47. The molecule has 0 aliphatic heterocycles. The van der Waals surface area contributed by atoms with Gasteiger partial charge in [-0.1, -0.05) is 18.2 Å². The van der Waals surface area contributed by atoms with Crippen LogP contribution in [0.3, 0.4) is 0 Å². The molecule has 0 spiro atoms.